The fraction of sp³-hybridized carbons (Fsp3) is 0.750. The number of carboxylic acids is 1. The van der Waals surface area contributed by atoms with Gasteiger partial charge in [-0.1, -0.05) is 13.8 Å². The Kier molecular flexibility index (Phi) is 12.1. The third-order valence-electron chi connectivity index (χ3n) is 3.81. The van der Waals surface area contributed by atoms with E-state index < -0.39 is 47.9 Å². The van der Waals surface area contributed by atoms with Gasteiger partial charge in [-0.05, 0) is 31.3 Å². The van der Waals surface area contributed by atoms with Crippen molar-refractivity contribution in [3.05, 3.63) is 0 Å². The molecule has 0 rings (SSSR count). The number of carbonyl (C=O) groups is 4. The summed E-state index contributed by atoms with van der Waals surface area (Å²) < 4.78 is 0. The van der Waals surface area contributed by atoms with E-state index in [4.69, 9.17) is 10.8 Å². The Morgan fingerprint density at radius 3 is 2.00 bits per heavy atom. The Bertz CT molecular complexity index is 533. The second kappa shape index (κ2) is 12.8. The molecule has 27 heavy (non-hydrogen) atoms. The summed E-state index contributed by atoms with van der Waals surface area (Å²) in [7, 11) is 0. The van der Waals surface area contributed by atoms with Gasteiger partial charge in [-0.25, -0.2) is 4.79 Å². The van der Waals surface area contributed by atoms with Crippen molar-refractivity contribution >= 4 is 48.1 Å². The summed E-state index contributed by atoms with van der Waals surface area (Å²) in [6, 6.07) is -3.75. The van der Waals surface area contributed by atoms with Crippen molar-refractivity contribution < 1.29 is 24.3 Å². The minimum Gasteiger partial charge on any atom is -0.480 e. The number of carboxylic acid groups (broad SMARTS) is 1. The molecule has 11 heteroatoms. The molecule has 4 unspecified atom stereocenters. The Balaban J connectivity index is 4.77. The predicted octanol–water partition coefficient (Wildman–Crippen LogP) is -0.788. The maximum atomic E-state index is 12.3. The molecule has 0 aliphatic carbocycles. The van der Waals surface area contributed by atoms with Crippen molar-refractivity contribution in [1.29, 1.82) is 0 Å². The lowest BCUT2D eigenvalue weighted by Gasteiger charge is -2.23. The van der Waals surface area contributed by atoms with Crippen molar-refractivity contribution in [1.82, 2.24) is 16.0 Å². The van der Waals surface area contributed by atoms with Crippen LogP contribution >= 0.6 is 24.4 Å². The smallest absolute Gasteiger partial charge is 0.326 e. The van der Waals surface area contributed by atoms with E-state index in [1.807, 2.05) is 6.26 Å². The fourth-order valence-corrected chi connectivity index (χ4v) is 2.66. The van der Waals surface area contributed by atoms with Crippen molar-refractivity contribution in [2.45, 2.75) is 51.4 Å². The van der Waals surface area contributed by atoms with Crippen molar-refractivity contribution in [3.8, 4) is 0 Å². The highest BCUT2D eigenvalue weighted by molar-refractivity contribution is 7.98. The minimum absolute atomic E-state index is 0.0161. The van der Waals surface area contributed by atoms with Gasteiger partial charge in [0.2, 0.25) is 17.7 Å². The molecule has 0 aromatic heterocycles. The molecular weight excluding hydrogens is 392 g/mol. The van der Waals surface area contributed by atoms with Crippen LogP contribution in [0.15, 0.2) is 0 Å². The molecule has 9 nitrogen and oxygen atoms in total. The summed E-state index contributed by atoms with van der Waals surface area (Å²) in [5, 5.41) is 16.5. The maximum absolute atomic E-state index is 12.3. The second-order valence-electron chi connectivity index (χ2n) is 6.42. The van der Waals surface area contributed by atoms with Gasteiger partial charge in [0, 0.05) is 5.75 Å². The largest absolute Gasteiger partial charge is 0.480 e. The molecule has 0 aliphatic heterocycles. The summed E-state index contributed by atoms with van der Waals surface area (Å²) in [6.07, 6.45) is 2.10. The standard InChI is InChI=1S/C16H30N4O5S2/c1-8(2)12(17)15(23)20-11(7-26)14(22)18-9(3)13(21)19-10(16(24)25)5-6-27-4/h8-12,26H,5-7,17H2,1-4H3,(H,18,22)(H,19,21)(H,20,23)(H,24,25). The Morgan fingerprint density at radius 1 is 1.00 bits per heavy atom. The summed E-state index contributed by atoms with van der Waals surface area (Å²) in [6.45, 7) is 4.99. The number of aliphatic carboxylic acids is 1. The van der Waals surface area contributed by atoms with E-state index in [2.05, 4.69) is 28.6 Å². The Hall–Kier alpha value is -1.46. The van der Waals surface area contributed by atoms with Gasteiger partial charge in [0.1, 0.15) is 18.1 Å². The molecule has 3 amide bonds. The van der Waals surface area contributed by atoms with Crippen LogP contribution in [0.4, 0.5) is 0 Å². The van der Waals surface area contributed by atoms with Gasteiger partial charge >= 0.3 is 5.97 Å². The Labute approximate surface area is 169 Å². The molecule has 0 fully saturated rings. The van der Waals surface area contributed by atoms with E-state index in [0.717, 1.165) is 0 Å². The molecule has 156 valence electrons. The van der Waals surface area contributed by atoms with Crippen molar-refractivity contribution in [3.63, 3.8) is 0 Å². The van der Waals surface area contributed by atoms with Crippen LogP contribution in [0, 0.1) is 5.92 Å². The number of hydrogen-bond acceptors (Lipinski definition) is 7. The first-order chi connectivity index (χ1) is 12.5. The third kappa shape index (κ3) is 9.34. The SMILES string of the molecule is CSCCC(NC(=O)C(C)NC(=O)C(CS)NC(=O)C(N)C(C)C)C(=O)O. The van der Waals surface area contributed by atoms with Crippen LogP contribution in [-0.2, 0) is 19.2 Å². The van der Waals surface area contributed by atoms with Gasteiger partial charge < -0.3 is 26.8 Å². The molecule has 4 atom stereocenters. The van der Waals surface area contributed by atoms with Crippen LogP contribution in [0.25, 0.3) is 0 Å². The average molecular weight is 423 g/mol. The van der Waals surface area contributed by atoms with Crippen LogP contribution < -0.4 is 21.7 Å². The molecule has 0 bridgehead atoms. The van der Waals surface area contributed by atoms with Gasteiger partial charge in [0.05, 0.1) is 6.04 Å². The number of hydrogen-bond donors (Lipinski definition) is 6. The fourth-order valence-electron chi connectivity index (χ4n) is 1.93. The molecule has 0 aromatic carbocycles. The lowest BCUT2D eigenvalue weighted by Crippen LogP contribution is -2.57. The Morgan fingerprint density at radius 2 is 1.56 bits per heavy atom. The minimum atomic E-state index is -1.14. The molecule has 0 aliphatic rings. The van der Waals surface area contributed by atoms with Crippen molar-refractivity contribution in [2.75, 3.05) is 17.8 Å². The number of amides is 3. The highest BCUT2D eigenvalue weighted by Gasteiger charge is 2.28. The molecular formula is C16H30N4O5S2. The summed E-state index contributed by atoms with van der Waals surface area (Å²) in [5.41, 5.74) is 5.75. The number of thioether (sulfide) groups is 1. The number of rotatable bonds is 12. The van der Waals surface area contributed by atoms with Crippen LogP contribution in [0.5, 0.6) is 0 Å². The topological polar surface area (TPSA) is 151 Å². The lowest BCUT2D eigenvalue weighted by molar-refractivity contribution is -0.142. The normalized spacial score (nSPS) is 15.4. The second-order valence-corrected chi connectivity index (χ2v) is 7.78. The first-order valence-corrected chi connectivity index (χ1v) is 10.6. The zero-order valence-electron chi connectivity index (χ0n) is 16.0. The zero-order valence-corrected chi connectivity index (χ0v) is 17.7. The molecule has 0 radical (unpaired) electrons. The van der Waals surface area contributed by atoms with Gasteiger partial charge in [0.15, 0.2) is 0 Å². The summed E-state index contributed by atoms with van der Waals surface area (Å²) in [5.74, 6) is -2.37. The zero-order chi connectivity index (χ0) is 21.1. The van der Waals surface area contributed by atoms with E-state index in [1.54, 1.807) is 13.8 Å². The molecule has 0 saturated heterocycles. The first-order valence-electron chi connectivity index (χ1n) is 8.54. The third-order valence-corrected chi connectivity index (χ3v) is 4.82. The van der Waals surface area contributed by atoms with E-state index in [1.165, 1.54) is 18.7 Å². The van der Waals surface area contributed by atoms with E-state index in [-0.39, 0.29) is 18.1 Å². The highest BCUT2D eigenvalue weighted by Crippen LogP contribution is 2.02. The summed E-state index contributed by atoms with van der Waals surface area (Å²) >= 11 is 5.51. The van der Waals surface area contributed by atoms with Gasteiger partial charge in [-0.3, -0.25) is 14.4 Å². The van der Waals surface area contributed by atoms with Crippen molar-refractivity contribution in [2.24, 2.45) is 11.7 Å². The number of thiol groups is 1. The van der Waals surface area contributed by atoms with Crippen LogP contribution in [0.3, 0.4) is 0 Å². The molecule has 0 aromatic rings. The van der Waals surface area contributed by atoms with E-state index in [9.17, 15) is 19.2 Å². The van der Waals surface area contributed by atoms with Crippen LogP contribution in [-0.4, -0.2) is 70.7 Å². The molecule has 6 N–H and O–H groups in total. The number of carbonyl (C=O) groups excluding carboxylic acids is 3. The van der Waals surface area contributed by atoms with Crippen LogP contribution in [0.1, 0.15) is 27.2 Å². The predicted molar refractivity (Wildman–Crippen MR) is 109 cm³/mol. The van der Waals surface area contributed by atoms with E-state index >= 15 is 0 Å². The van der Waals surface area contributed by atoms with E-state index in [0.29, 0.717) is 5.75 Å². The highest BCUT2D eigenvalue weighted by atomic mass is 32.2. The first kappa shape index (κ1) is 25.5. The number of nitrogens with two attached hydrogens (primary N) is 1. The van der Waals surface area contributed by atoms with Crippen LogP contribution in [0.2, 0.25) is 0 Å². The number of nitrogens with one attached hydrogen (secondary N) is 3. The maximum Gasteiger partial charge on any atom is 0.326 e. The van der Waals surface area contributed by atoms with Gasteiger partial charge in [0.25, 0.3) is 0 Å². The lowest BCUT2D eigenvalue weighted by atomic mass is 10.0. The molecule has 0 saturated carbocycles. The monoisotopic (exact) mass is 422 g/mol. The summed E-state index contributed by atoms with van der Waals surface area (Å²) in [4.78, 5) is 47.7. The van der Waals surface area contributed by atoms with Gasteiger partial charge in [-0.2, -0.15) is 24.4 Å². The average Bonchev–Trinajstić information content (AvgIpc) is 2.61. The molecule has 0 heterocycles. The quantitative estimate of drug-likeness (QED) is 0.226. The molecule has 0 spiro atoms. The van der Waals surface area contributed by atoms with Gasteiger partial charge in [-0.15, -0.1) is 0 Å².